The summed E-state index contributed by atoms with van der Waals surface area (Å²) >= 11 is 0. The molecule has 0 radical (unpaired) electrons. The molecule has 0 aliphatic rings. The number of amides is 1. The molecule has 0 saturated heterocycles. The highest BCUT2D eigenvalue weighted by molar-refractivity contribution is 5.81. The standard InChI is InChI=1S/C22H24N2O4/c1-22(2,3)28-21(26)24-19(20(25)27-4)13-15-9-11-16(12-10-15)18-8-6-5-7-17(18)14-23/h5-12,19H,13H2,1-4H3,(H,24,26)/t19-/m0/s1. The second-order valence-electron chi connectivity index (χ2n) is 7.28. The van der Waals surface area contributed by atoms with Gasteiger partial charge in [0.05, 0.1) is 18.7 Å². The van der Waals surface area contributed by atoms with Crippen molar-refractivity contribution < 1.29 is 19.1 Å². The Kier molecular flexibility index (Phi) is 6.78. The normalized spacial score (nSPS) is 11.8. The van der Waals surface area contributed by atoms with Crippen LogP contribution in [0.3, 0.4) is 0 Å². The summed E-state index contributed by atoms with van der Waals surface area (Å²) in [6.07, 6.45) is -0.422. The van der Waals surface area contributed by atoms with Gasteiger partial charge in [-0.15, -0.1) is 0 Å². The third-order valence-corrected chi connectivity index (χ3v) is 3.93. The molecule has 28 heavy (non-hydrogen) atoms. The summed E-state index contributed by atoms with van der Waals surface area (Å²) in [5.74, 6) is -0.551. The minimum atomic E-state index is -0.864. The first kappa shape index (κ1) is 21.0. The van der Waals surface area contributed by atoms with E-state index in [0.29, 0.717) is 5.56 Å². The summed E-state index contributed by atoms with van der Waals surface area (Å²) in [7, 11) is 1.27. The van der Waals surface area contributed by atoms with Crippen LogP contribution >= 0.6 is 0 Å². The van der Waals surface area contributed by atoms with Crippen LogP contribution in [0.15, 0.2) is 48.5 Å². The molecule has 0 aliphatic heterocycles. The fourth-order valence-electron chi connectivity index (χ4n) is 2.67. The van der Waals surface area contributed by atoms with E-state index in [0.717, 1.165) is 16.7 Å². The van der Waals surface area contributed by atoms with Crippen molar-refractivity contribution in [3.05, 3.63) is 59.7 Å². The Morgan fingerprint density at radius 2 is 1.75 bits per heavy atom. The number of hydrogen-bond acceptors (Lipinski definition) is 5. The van der Waals surface area contributed by atoms with Crippen LogP contribution in [0.4, 0.5) is 4.79 Å². The first-order valence-electron chi connectivity index (χ1n) is 8.89. The van der Waals surface area contributed by atoms with Crippen molar-refractivity contribution in [3.8, 4) is 17.2 Å². The van der Waals surface area contributed by atoms with Gasteiger partial charge >= 0.3 is 12.1 Å². The fourth-order valence-corrected chi connectivity index (χ4v) is 2.67. The maximum Gasteiger partial charge on any atom is 0.408 e. The first-order chi connectivity index (χ1) is 13.2. The number of rotatable bonds is 5. The quantitative estimate of drug-likeness (QED) is 0.796. The summed E-state index contributed by atoms with van der Waals surface area (Å²) in [6.45, 7) is 5.24. The van der Waals surface area contributed by atoms with Gasteiger partial charge in [0.25, 0.3) is 0 Å². The molecule has 0 heterocycles. The molecule has 2 aromatic carbocycles. The Labute approximate surface area is 165 Å². The number of carbonyl (C=O) groups is 2. The average Bonchev–Trinajstić information content (AvgIpc) is 2.66. The molecule has 6 nitrogen and oxygen atoms in total. The summed E-state index contributed by atoms with van der Waals surface area (Å²) in [5, 5.41) is 11.8. The van der Waals surface area contributed by atoms with Crippen molar-refractivity contribution in [2.45, 2.75) is 38.8 Å². The minimum absolute atomic E-state index is 0.256. The molecule has 146 valence electrons. The lowest BCUT2D eigenvalue weighted by molar-refractivity contribution is -0.143. The summed E-state index contributed by atoms with van der Waals surface area (Å²) < 4.78 is 10.0. The zero-order valence-corrected chi connectivity index (χ0v) is 16.5. The lowest BCUT2D eigenvalue weighted by Gasteiger charge is -2.22. The number of ether oxygens (including phenoxy) is 2. The van der Waals surface area contributed by atoms with Gasteiger partial charge in [0.2, 0.25) is 0 Å². The molecule has 1 amide bonds. The van der Waals surface area contributed by atoms with Gasteiger partial charge < -0.3 is 14.8 Å². The lowest BCUT2D eigenvalue weighted by Crippen LogP contribution is -2.45. The largest absolute Gasteiger partial charge is 0.467 e. The summed E-state index contributed by atoms with van der Waals surface area (Å²) in [4.78, 5) is 24.1. The Morgan fingerprint density at radius 3 is 2.32 bits per heavy atom. The van der Waals surface area contributed by atoms with Gasteiger partial charge in [-0.3, -0.25) is 0 Å². The predicted molar refractivity (Wildman–Crippen MR) is 105 cm³/mol. The van der Waals surface area contributed by atoms with E-state index in [4.69, 9.17) is 9.47 Å². The molecule has 1 atom stereocenters. The number of alkyl carbamates (subject to hydrolysis) is 1. The van der Waals surface area contributed by atoms with Crippen LogP contribution in [0.25, 0.3) is 11.1 Å². The molecule has 6 heteroatoms. The van der Waals surface area contributed by atoms with Crippen LogP contribution in [0.1, 0.15) is 31.9 Å². The van der Waals surface area contributed by atoms with E-state index in [9.17, 15) is 14.9 Å². The number of nitriles is 1. The van der Waals surface area contributed by atoms with Gasteiger partial charge in [0.15, 0.2) is 0 Å². The van der Waals surface area contributed by atoms with Crippen molar-refractivity contribution >= 4 is 12.1 Å². The van der Waals surface area contributed by atoms with Crippen molar-refractivity contribution in [1.82, 2.24) is 5.32 Å². The van der Waals surface area contributed by atoms with Crippen LogP contribution < -0.4 is 5.32 Å². The number of carbonyl (C=O) groups excluding carboxylic acids is 2. The van der Waals surface area contributed by atoms with E-state index < -0.39 is 23.7 Å². The van der Waals surface area contributed by atoms with E-state index in [1.54, 1.807) is 26.8 Å². The molecule has 2 rings (SSSR count). The molecule has 0 aromatic heterocycles. The van der Waals surface area contributed by atoms with Gasteiger partial charge in [0, 0.05) is 6.42 Å². The maximum atomic E-state index is 12.1. The number of hydrogen-bond donors (Lipinski definition) is 1. The zero-order chi connectivity index (χ0) is 20.7. The Morgan fingerprint density at radius 1 is 1.11 bits per heavy atom. The van der Waals surface area contributed by atoms with Crippen molar-refractivity contribution in [3.63, 3.8) is 0 Å². The highest BCUT2D eigenvalue weighted by atomic mass is 16.6. The maximum absolute atomic E-state index is 12.1. The van der Waals surface area contributed by atoms with Crippen molar-refractivity contribution in [1.29, 1.82) is 5.26 Å². The minimum Gasteiger partial charge on any atom is -0.467 e. The van der Waals surface area contributed by atoms with Gasteiger partial charge in [-0.05, 0) is 43.5 Å². The fraction of sp³-hybridized carbons (Fsp3) is 0.318. The van der Waals surface area contributed by atoms with Gasteiger partial charge in [-0.25, -0.2) is 9.59 Å². The molecule has 1 N–H and O–H groups in total. The Balaban J connectivity index is 2.15. The van der Waals surface area contributed by atoms with E-state index in [1.165, 1.54) is 7.11 Å². The summed E-state index contributed by atoms with van der Waals surface area (Å²) in [6, 6.07) is 16.1. The third kappa shape index (κ3) is 5.85. The molecule has 0 saturated carbocycles. The topological polar surface area (TPSA) is 88.4 Å². The van der Waals surface area contributed by atoms with Gasteiger partial charge in [-0.2, -0.15) is 5.26 Å². The molecule has 0 aliphatic carbocycles. The highest BCUT2D eigenvalue weighted by Gasteiger charge is 2.25. The van der Waals surface area contributed by atoms with Crippen LogP contribution in [-0.2, 0) is 20.7 Å². The molecule has 0 bridgehead atoms. The lowest BCUT2D eigenvalue weighted by atomic mass is 9.97. The number of esters is 1. The van der Waals surface area contributed by atoms with Crippen LogP contribution in [0.2, 0.25) is 0 Å². The monoisotopic (exact) mass is 380 g/mol. The predicted octanol–water partition coefficient (Wildman–Crippen LogP) is 3.83. The number of nitrogens with one attached hydrogen (secondary N) is 1. The van der Waals surface area contributed by atoms with E-state index >= 15 is 0 Å². The molecule has 0 fully saturated rings. The van der Waals surface area contributed by atoms with Gasteiger partial charge in [-0.1, -0.05) is 42.5 Å². The third-order valence-electron chi connectivity index (χ3n) is 3.93. The van der Waals surface area contributed by atoms with Gasteiger partial charge in [0.1, 0.15) is 11.6 Å². The number of nitrogens with zero attached hydrogens (tertiary/aromatic N) is 1. The molecule has 0 spiro atoms. The zero-order valence-electron chi connectivity index (χ0n) is 16.5. The van der Waals surface area contributed by atoms with E-state index in [1.807, 2.05) is 42.5 Å². The average molecular weight is 380 g/mol. The van der Waals surface area contributed by atoms with Crippen molar-refractivity contribution in [2.24, 2.45) is 0 Å². The van der Waals surface area contributed by atoms with Crippen molar-refractivity contribution in [2.75, 3.05) is 7.11 Å². The van der Waals surface area contributed by atoms with E-state index in [2.05, 4.69) is 11.4 Å². The smallest absolute Gasteiger partial charge is 0.408 e. The second-order valence-corrected chi connectivity index (χ2v) is 7.28. The SMILES string of the molecule is COC(=O)[C@H](Cc1ccc(-c2ccccc2C#N)cc1)NC(=O)OC(C)(C)C. The molecule has 2 aromatic rings. The Hall–Kier alpha value is -3.33. The van der Waals surface area contributed by atoms with E-state index in [-0.39, 0.29) is 6.42 Å². The summed E-state index contributed by atoms with van der Waals surface area (Å²) in [5.41, 5.74) is 2.50. The van der Waals surface area contributed by atoms with Crippen LogP contribution in [0, 0.1) is 11.3 Å². The van der Waals surface area contributed by atoms with Crippen LogP contribution in [0.5, 0.6) is 0 Å². The Bertz CT molecular complexity index is 877. The number of benzene rings is 2. The first-order valence-corrected chi connectivity index (χ1v) is 8.89. The molecular weight excluding hydrogens is 356 g/mol. The number of methoxy groups -OCH3 is 1. The highest BCUT2D eigenvalue weighted by Crippen LogP contribution is 2.24. The van der Waals surface area contributed by atoms with Crippen LogP contribution in [-0.4, -0.2) is 30.8 Å². The molecule has 0 unspecified atom stereocenters. The second kappa shape index (κ2) is 9.05. The molecular formula is C22H24N2O4.